The van der Waals surface area contributed by atoms with Gasteiger partial charge < -0.3 is 19.2 Å². The normalized spacial score (nSPS) is 8.65. The summed E-state index contributed by atoms with van der Waals surface area (Å²) in [6.07, 6.45) is 2.72. The van der Waals surface area contributed by atoms with E-state index in [9.17, 15) is 19.2 Å². The first-order valence-corrected chi connectivity index (χ1v) is 7.93. The number of hydrogen-bond acceptors (Lipinski definition) is 7. The van der Waals surface area contributed by atoms with E-state index in [4.69, 9.17) is 4.74 Å². The topological polar surface area (TPSA) is 112 Å². The number of ether oxygens (including phenoxy) is 3. The van der Waals surface area contributed by atoms with Gasteiger partial charge in [0.15, 0.2) is 0 Å². The number of aromatic nitrogens is 1. The molecule has 1 N–H and O–H groups in total. The summed E-state index contributed by atoms with van der Waals surface area (Å²) in [5.74, 6) is -1.19. The second kappa shape index (κ2) is 15.6. The minimum absolute atomic E-state index is 0.103. The molecule has 1 aromatic rings. The summed E-state index contributed by atoms with van der Waals surface area (Å²) < 4.78 is 13.5. The van der Waals surface area contributed by atoms with Crippen molar-refractivity contribution in [2.45, 2.75) is 41.0 Å². The van der Waals surface area contributed by atoms with Gasteiger partial charge in [0.05, 0.1) is 25.0 Å². The summed E-state index contributed by atoms with van der Waals surface area (Å²) in [7, 11) is 0. The van der Waals surface area contributed by atoms with E-state index in [0.29, 0.717) is 18.8 Å². The van der Waals surface area contributed by atoms with Crippen molar-refractivity contribution in [1.29, 1.82) is 0 Å². The molecule has 0 atom stereocenters. The Morgan fingerprint density at radius 3 is 2.00 bits per heavy atom. The summed E-state index contributed by atoms with van der Waals surface area (Å²) in [6, 6.07) is 1.72. The van der Waals surface area contributed by atoms with Crippen LogP contribution in [0.15, 0.2) is 25.1 Å². The predicted molar refractivity (Wildman–Crippen MR) is 95.4 cm³/mol. The Morgan fingerprint density at radius 1 is 1.12 bits per heavy atom. The van der Waals surface area contributed by atoms with Crippen molar-refractivity contribution in [3.05, 3.63) is 36.4 Å². The molecular formula is C18H27NO7. The van der Waals surface area contributed by atoms with E-state index in [0.717, 1.165) is 12.0 Å². The molecule has 0 saturated heterocycles. The van der Waals surface area contributed by atoms with Crippen LogP contribution in [-0.4, -0.2) is 41.9 Å². The van der Waals surface area contributed by atoms with Gasteiger partial charge in [-0.3, -0.25) is 14.4 Å². The van der Waals surface area contributed by atoms with Gasteiger partial charge in [-0.1, -0.05) is 6.58 Å². The Balaban J connectivity index is 0. The molecule has 0 aliphatic carbocycles. The molecule has 1 rings (SSSR count). The van der Waals surface area contributed by atoms with Crippen molar-refractivity contribution < 1.29 is 33.4 Å². The summed E-state index contributed by atoms with van der Waals surface area (Å²) >= 11 is 0. The average molecular weight is 369 g/mol. The van der Waals surface area contributed by atoms with Crippen LogP contribution in [0.2, 0.25) is 0 Å². The number of carbonyl (C=O) groups is 4. The van der Waals surface area contributed by atoms with Gasteiger partial charge in [-0.2, -0.15) is 0 Å². The molecule has 0 unspecified atom stereocenters. The number of Topliss-reactive ketones (excluding diaryl/α,β-unsaturated/α-hetero) is 1. The number of carbonyl (C=O) groups excluding carboxylic acids is 4. The fourth-order valence-electron chi connectivity index (χ4n) is 1.42. The molecule has 8 nitrogen and oxygen atoms in total. The van der Waals surface area contributed by atoms with Crippen molar-refractivity contribution in [2.75, 3.05) is 13.2 Å². The molecule has 0 saturated carbocycles. The Hall–Kier alpha value is -2.90. The highest BCUT2D eigenvalue weighted by Gasteiger charge is 2.09. The van der Waals surface area contributed by atoms with E-state index >= 15 is 0 Å². The third-order valence-electron chi connectivity index (χ3n) is 2.40. The smallest absolute Gasteiger partial charge is 0.339 e. The fraction of sp³-hybridized carbons (Fsp3) is 0.444. The number of nitrogens with one attached hydrogen (secondary N) is 1. The van der Waals surface area contributed by atoms with Crippen molar-refractivity contribution in [3.63, 3.8) is 0 Å². The van der Waals surface area contributed by atoms with Crippen LogP contribution in [0.4, 0.5) is 0 Å². The van der Waals surface area contributed by atoms with Crippen LogP contribution in [0, 0.1) is 6.92 Å². The van der Waals surface area contributed by atoms with Gasteiger partial charge in [0.25, 0.3) is 0 Å². The quantitative estimate of drug-likeness (QED) is 0.355. The first kappa shape index (κ1) is 25.3. The molecule has 0 aliphatic heterocycles. The lowest BCUT2D eigenvalue weighted by Crippen LogP contribution is -2.07. The molecule has 0 aliphatic rings. The summed E-state index contributed by atoms with van der Waals surface area (Å²) in [4.78, 5) is 44.4. The molecule has 26 heavy (non-hydrogen) atoms. The third-order valence-corrected chi connectivity index (χ3v) is 2.40. The van der Waals surface area contributed by atoms with Crippen LogP contribution in [-0.2, 0) is 28.6 Å². The Labute approximate surface area is 153 Å². The number of aryl methyl sites for hydroxylation is 1. The monoisotopic (exact) mass is 369 g/mol. The van der Waals surface area contributed by atoms with Crippen molar-refractivity contribution in [2.24, 2.45) is 0 Å². The Morgan fingerprint density at radius 2 is 1.69 bits per heavy atom. The summed E-state index contributed by atoms with van der Waals surface area (Å²) in [5, 5.41) is 0. The first-order valence-electron chi connectivity index (χ1n) is 7.93. The lowest BCUT2D eigenvalue weighted by atomic mass is 10.3. The highest BCUT2D eigenvalue weighted by atomic mass is 16.5. The number of H-pyrrole nitrogens is 1. The van der Waals surface area contributed by atoms with E-state index in [-0.39, 0.29) is 24.1 Å². The van der Waals surface area contributed by atoms with Gasteiger partial charge in [-0.05, 0) is 33.8 Å². The molecule has 0 spiro atoms. The van der Waals surface area contributed by atoms with Crippen LogP contribution < -0.4 is 0 Å². The van der Waals surface area contributed by atoms with E-state index in [2.05, 4.69) is 21.0 Å². The number of rotatable bonds is 6. The number of hydrogen-bond donors (Lipinski definition) is 1. The molecule has 0 amide bonds. The predicted octanol–water partition coefficient (Wildman–Crippen LogP) is 2.72. The van der Waals surface area contributed by atoms with E-state index in [1.165, 1.54) is 13.8 Å². The summed E-state index contributed by atoms with van der Waals surface area (Å²) in [5.41, 5.74) is 1.47. The molecule has 8 heteroatoms. The van der Waals surface area contributed by atoms with Crippen LogP contribution in [0.5, 0.6) is 0 Å². The van der Waals surface area contributed by atoms with E-state index in [1.807, 2.05) is 6.92 Å². The molecular weight excluding hydrogens is 342 g/mol. The highest BCUT2D eigenvalue weighted by Crippen LogP contribution is 2.05. The fourth-order valence-corrected chi connectivity index (χ4v) is 1.42. The van der Waals surface area contributed by atoms with E-state index < -0.39 is 5.97 Å². The van der Waals surface area contributed by atoms with Crippen LogP contribution in [0.3, 0.4) is 0 Å². The lowest BCUT2D eigenvalue weighted by Gasteiger charge is -1.98. The zero-order chi connectivity index (χ0) is 20.5. The number of ketones is 1. The molecule has 1 aromatic heterocycles. The minimum atomic E-state index is -0.440. The van der Waals surface area contributed by atoms with Crippen molar-refractivity contribution in [3.8, 4) is 0 Å². The molecule has 146 valence electrons. The van der Waals surface area contributed by atoms with Gasteiger partial charge in [0, 0.05) is 18.8 Å². The molecule has 0 radical (unpaired) electrons. The minimum Gasteiger partial charge on any atom is -0.466 e. The lowest BCUT2D eigenvalue weighted by molar-refractivity contribution is -0.145. The van der Waals surface area contributed by atoms with E-state index in [1.54, 1.807) is 26.1 Å². The van der Waals surface area contributed by atoms with Crippen molar-refractivity contribution in [1.82, 2.24) is 4.98 Å². The van der Waals surface area contributed by atoms with Crippen LogP contribution in [0.25, 0.3) is 0 Å². The molecule has 0 aromatic carbocycles. The average Bonchev–Trinajstić information content (AvgIpc) is 2.94. The van der Waals surface area contributed by atoms with Gasteiger partial charge in [0.2, 0.25) is 0 Å². The maximum Gasteiger partial charge on any atom is 0.339 e. The SMILES string of the molecule is C=COC(C)=O.CCOC(=O)CC(C)=O.CCOC(=O)c1cc[nH]c1C. The Bertz CT molecular complexity index is 590. The maximum atomic E-state index is 11.1. The number of aromatic amines is 1. The Kier molecular flexibility index (Phi) is 15.2. The van der Waals surface area contributed by atoms with Gasteiger partial charge >= 0.3 is 17.9 Å². The standard InChI is InChI=1S/C8H11NO2.C6H10O3.C4H6O2/c1-3-11-8(10)7-4-5-9-6(7)2;1-3-9-6(8)4-5(2)7;1-3-6-4(2)5/h4-5,9H,3H2,1-2H3;3-4H2,1-2H3;3H,1H2,2H3. The first-order chi connectivity index (χ1) is 12.2. The maximum absolute atomic E-state index is 11.1. The van der Waals surface area contributed by atoms with Gasteiger partial charge in [-0.15, -0.1) is 0 Å². The highest BCUT2D eigenvalue weighted by molar-refractivity contribution is 5.94. The van der Waals surface area contributed by atoms with Crippen LogP contribution in [0.1, 0.15) is 50.2 Å². The summed E-state index contributed by atoms with van der Waals surface area (Å²) in [6.45, 7) is 11.9. The van der Waals surface area contributed by atoms with Gasteiger partial charge in [-0.25, -0.2) is 4.79 Å². The molecule has 0 bridgehead atoms. The zero-order valence-electron chi connectivity index (χ0n) is 15.9. The van der Waals surface area contributed by atoms with Crippen molar-refractivity contribution >= 4 is 23.7 Å². The van der Waals surface area contributed by atoms with Gasteiger partial charge in [0.1, 0.15) is 12.2 Å². The zero-order valence-corrected chi connectivity index (χ0v) is 15.9. The largest absolute Gasteiger partial charge is 0.466 e. The molecule has 1 heterocycles. The second-order valence-corrected chi connectivity index (χ2v) is 4.70. The van der Waals surface area contributed by atoms with Crippen LogP contribution >= 0.6 is 0 Å². The second-order valence-electron chi connectivity index (χ2n) is 4.70. The number of esters is 3. The third kappa shape index (κ3) is 14.7. The molecule has 0 fully saturated rings.